The third-order valence-corrected chi connectivity index (χ3v) is 4.04. The highest BCUT2D eigenvalue weighted by Crippen LogP contribution is 2.30. The number of carbonyl (C=O) groups excluding carboxylic acids is 1. The Morgan fingerprint density at radius 1 is 1.36 bits per heavy atom. The fourth-order valence-corrected chi connectivity index (χ4v) is 3.20. The second-order valence-corrected chi connectivity index (χ2v) is 7.94. The molecule has 1 saturated heterocycles. The lowest BCUT2D eigenvalue weighted by atomic mass is 10.0. The van der Waals surface area contributed by atoms with Gasteiger partial charge in [-0.25, -0.2) is 9.78 Å². The molecule has 0 unspecified atom stereocenters. The minimum absolute atomic E-state index is 0.0221. The largest absolute Gasteiger partial charge is 0.444 e. The predicted molar refractivity (Wildman–Crippen MR) is 90.5 cm³/mol. The maximum atomic E-state index is 13.3. The average Bonchev–Trinajstić information content (AvgIpc) is 2.43. The Morgan fingerprint density at radius 3 is 2.52 bits per heavy atom. The van der Waals surface area contributed by atoms with E-state index in [1.165, 1.54) is 6.07 Å². The van der Waals surface area contributed by atoms with Crippen LogP contribution in [0.15, 0.2) is 16.7 Å². The second kappa shape index (κ2) is 7.28. The van der Waals surface area contributed by atoms with Crippen LogP contribution >= 0.6 is 27.5 Å². The Kier molecular flexibility index (Phi) is 5.90. The van der Waals surface area contributed by atoms with Crippen molar-refractivity contribution in [3.8, 4) is 0 Å². The van der Waals surface area contributed by atoms with Gasteiger partial charge in [0.25, 0.3) is 0 Å². The van der Waals surface area contributed by atoms with E-state index < -0.39 is 36.5 Å². The molecule has 1 amide bonds. The maximum Gasteiger partial charge on any atom is 0.410 e. The van der Waals surface area contributed by atoms with E-state index in [2.05, 4.69) is 26.2 Å². The molecular formula is C15H18BrClF3N3O2. The van der Waals surface area contributed by atoms with E-state index in [9.17, 15) is 18.0 Å². The number of nitrogens with one attached hydrogen (secondary N) is 1. The van der Waals surface area contributed by atoms with E-state index in [4.69, 9.17) is 16.3 Å². The summed E-state index contributed by atoms with van der Waals surface area (Å²) in [5, 5.41) is 2.67. The molecule has 0 aliphatic carbocycles. The van der Waals surface area contributed by atoms with E-state index in [0.29, 0.717) is 10.2 Å². The van der Waals surface area contributed by atoms with Crippen molar-refractivity contribution in [2.75, 3.05) is 13.1 Å². The summed E-state index contributed by atoms with van der Waals surface area (Å²) in [5.41, 5.74) is -0.303. The third kappa shape index (κ3) is 5.72. The molecule has 1 aromatic heterocycles. The van der Waals surface area contributed by atoms with Crippen LogP contribution in [0.5, 0.6) is 0 Å². The van der Waals surface area contributed by atoms with Crippen LogP contribution in [0.25, 0.3) is 0 Å². The summed E-state index contributed by atoms with van der Waals surface area (Å²) in [5.74, 6) is 0. The Balaban J connectivity index is 2.29. The van der Waals surface area contributed by atoms with Gasteiger partial charge >= 0.3 is 12.3 Å². The van der Waals surface area contributed by atoms with Crippen molar-refractivity contribution in [1.82, 2.24) is 15.2 Å². The second-order valence-electron chi connectivity index (χ2n) is 6.74. The maximum absolute atomic E-state index is 13.3. The SMILES string of the molecule is CC(C)(C)OC(=O)N1C[C@H](c2cc(Cl)nc(Br)c2)N[C@@H](C(F)(F)F)C1. The average molecular weight is 445 g/mol. The number of halogens is 5. The number of ether oxygens (including phenoxy) is 1. The third-order valence-electron chi connectivity index (χ3n) is 3.44. The van der Waals surface area contributed by atoms with Crippen molar-refractivity contribution in [3.05, 3.63) is 27.5 Å². The van der Waals surface area contributed by atoms with E-state index in [0.717, 1.165) is 4.90 Å². The van der Waals surface area contributed by atoms with Gasteiger partial charge in [-0.2, -0.15) is 13.2 Å². The number of alkyl halides is 3. The molecule has 1 fully saturated rings. The lowest BCUT2D eigenvalue weighted by Gasteiger charge is -2.40. The van der Waals surface area contributed by atoms with Gasteiger partial charge in [0.2, 0.25) is 0 Å². The number of nitrogens with zero attached hydrogens (tertiary/aromatic N) is 2. The molecule has 25 heavy (non-hydrogen) atoms. The number of pyridine rings is 1. The van der Waals surface area contributed by atoms with Gasteiger partial charge in [-0.1, -0.05) is 11.6 Å². The summed E-state index contributed by atoms with van der Waals surface area (Å²) >= 11 is 9.05. The van der Waals surface area contributed by atoms with E-state index in [-0.39, 0.29) is 11.7 Å². The van der Waals surface area contributed by atoms with Gasteiger partial charge in [-0.15, -0.1) is 0 Å². The molecule has 1 N–H and O–H groups in total. The standard InChI is InChI=1S/C15H18BrClF3N3O2/c1-14(2,3)25-13(24)23-6-9(21-10(7-23)15(18,19)20)8-4-11(16)22-12(17)5-8/h4-5,9-10,21H,6-7H2,1-3H3/t9-,10-/m1/s1. The van der Waals surface area contributed by atoms with Crippen LogP contribution in [0.4, 0.5) is 18.0 Å². The molecule has 0 bridgehead atoms. The van der Waals surface area contributed by atoms with Crippen LogP contribution in [0.3, 0.4) is 0 Å². The van der Waals surface area contributed by atoms with Crippen LogP contribution in [-0.4, -0.2) is 46.9 Å². The van der Waals surface area contributed by atoms with Crippen molar-refractivity contribution in [1.29, 1.82) is 0 Å². The van der Waals surface area contributed by atoms with Crippen LogP contribution in [0, 0.1) is 0 Å². The number of aromatic nitrogens is 1. The van der Waals surface area contributed by atoms with Gasteiger partial charge in [0.05, 0.1) is 6.04 Å². The summed E-state index contributed by atoms with van der Waals surface area (Å²) in [7, 11) is 0. The molecule has 0 saturated carbocycles. The first kappa shape index (κ1) is 20.3. The van der Waals surface area contributed by atoms with Gasteiger partial charge in [0, 0.05) is 13.1 Å². The molecule has 10 heteroatoms. The molecule has 1 aliphatic rings. The van der Waals surface area contributed by atoms with Crippen LogP contribution in [0.2, 0.25) is 5.15 Å². The Hall–Kier alpha value is -1.06. The van der Waals surface area contributed by atoms with Gasteiger partial charge in [-0.3, -0.25) is 5.32 Å². The zero-order valence-electron chi connectivity index (χ0n) is 13.8. The molecule has 1 aromatic rings. The number of hydrogen-bond donors (Lipinski definition) is 1. The molecule has 5 nitrogen and oxygen atoms in total. The summed E-state index contributed by atoms with van der Waals surface area (Å²) in [4.78, 5) is 17.2. The number of piperazine rings is 1. The van der Waals surface area contributed by atoms with Crippen molar-refractivity contribution < 1.29 is 22.7 Å². The monoisotopic (exact) mass is 443 g/mol. The number of amides is 1. The van der Waals surface area contributed by atoms with Gasteiger partial charge in [-0.05, 0) is 54.4 Å². The molecule has 0 radical (unpaired) electrons. The molecule has 2 heterocycles. The molecule has 0 spiro atoms. The van der Waals surface area contributed by atoms with Crippen molar-refractivity contribution in [3.63, 3.8) is 0 Å². The van der Waals surface area contributed by atoms with E-state index in [1.54, 1.807) is 26.8 Å². The molecule has 0 aromatic carbocycles. The summed E-state index contributed by atoms with van der Waals surface area (Å²) in [6.45, 7) is 4.48. The topological polar surface area (TPSA) is 54.5 Å². The number of rotatable bonds is 1. The highest BCUT2D eigenvalue weighted by Gasteiger charge is 2.46. The van der Waals surface area contributed by atoms with Gasteiger partial charge < -0.3 is 9.64 Å². The summed E-state index contributed by atoms with van der Waals surface area (Å²) < 4.78 is 45.4. The first-order chi connectivity index (χ1) is 11.3. The van der Waals surface area contributed by atoms with Crippen molar-refractivity contribution in [2.45, 2.75) is 44.6 Å². The van der Waals surface area contributed by atoms with Crippen molar-refractivity contribution in [2.24, 2.45) is 0 Å². The first-order valence-electron chi connectivity index (χ1n) is 7.49. The highest BCUT2D eigenvalue weighted by atomic mass is 79.9. The minimum Gasteiger partial charge on any atom is -0.444 e. The summed E-state index contributed by atoms with van der Waals surface area (Å²) in [6.07, 6.45) is -5.29. The Labute approximate surface area is 157 Å². The molecular weight excluding hydrogens is 427 g/mol. The highest BCUT2D eigenvalue weighted by molar-refractivity contribution is 9.10. The molecule has 2 atom stereocenters. The quantitative estimate of drug-likeness (QED) is 0.656. The van der Waals surface area contributed by atoms with Gasteiger partial charge in [0.15, 0.2) is 0 Å². The minimum atomic E-state index is -4.51. The number of carbonyl (C=O) groups is 1. The smallest absolute Gasteiger partial charge is 0.410 e. The fourth-order valence-electron chi connectivity index (χ4n) is 2.42. The Bertz CT molecular complexity index is 632. The molecule has 140 valence electrons. The van der Waals surface area contributed by atoms with Crippen LogP contribution in [-0.2, 0) is 4.74 Å². The first-order valence-corrected chi connectivity index (χ1v) is 8.66. The van der Waals surface area contributed by atoms with Gasteiger partial charge in [0.1, 0.15) is 21.4 Å². The Morgan fingerprint density at radius 2 is 2.00 bits per heavy atom. The lowest BCUT2D eigenvalue weighted by Crippen LogP contribution is -2.59. The molecule has 1 aliphatic heterocycles. The normalized spacial score (nSPS) is 22.0. The fraction of sp³-hybridized carbons (Fsp3) is 0.600. The van der Waals surface area contributed by atoms with Crippen LogP contribution < -0.4 is 5.32 Å². The van der Waals surface area contributed by atoms with Crippen molar-refractivity contribution >= 4 is 33.6 Å². The summed E-state index contributed by atoms with van der Waals surface area (Å²) in [6, 6.07) is 0.403. The number of hydrogen-bond acceptors (Lipinski definition) is 4. The van der Waals surface area contributed by atoms with E-state index >= 15 is 0 Å². The molecule has 2 rings (SSSR count). The zero-order chi connectivity index (χ0) is 19.0. The van der Waals surface area contributed by atoms with E-state index in [1.807, 2.05) is 0 Å². The van der Waals surface area contributed by atoms with Crippen LogP contribution in [0.1, 0.15) is 32.4 Å². The zero-order valence-corrected chi connectivity index (χ0v) is 16.2. The predicted octanol–water partition coefficient (Wildman–Crippen LogP) is 4.31. The lowest BCUT2D eigenvalue weighted by molar-refractivity contribution is -0.167.